The molecule has 0 radical (unpaired) electrons. The highest BCUT2D eigenvalue weighted by molar-refractivity contribution is 5.90. The van der Waals surface area contributed by atoms with Crippen molar-refractivity contribution in [3.05, 3.63) is 88.4 Å². The number of H-pyrrole nitrogens is 1. The summed E-state index contributed by atoms with van der Waals surface area (Å²) in [4.78, 5) is 12.3. The molecule has 31 heavy (non-hydrogen) atoms. The van der Waals surface area contributed by atoms with Crippen molar-refractivity contribution in [2.24, 2.45) is 5.73 Å². The van der Waals surface area contributed by atoms with Gasteiger partial charge in [0.25, 0.3) is 0 Å². The van der Waals surface area contributed by atoms with Crippen molar-refractivity contribution in [1.29, 1.82) is 5.26 Å². The molecule has 1 aromatic heterocycles. The van der Waals surface area contributed by atoms with Gasteiger partial charge in [-0.05, 0) is 29.8 Å². The largest absolute Gasteiger partial charge is 0.423 e. The molecule has 2 aromatic carbocycles. The third-order valence-electron chi connectivity index (χ3n) is 5.12. The van der Waals surface area contributed by atoms with Crippen LogP contribution < -0.4 is 15.2 Å². The molecule has 1 aliphatic rings. The molecular formula is C24H22N4O3. The maximum Gasteiger partial charge on any atom is 0.343 e. The highest BCUT2D eigenvalue weighted by Crippen LogP contribution is 2.45. The summed E-state index contributed by atoms with van der Waals surface area (Å²) in [6.07, 6.45) is 0. The first-order valence-corrected chi connectivity index (χ1v) is 9.83. The Morgan fingerprint density at radius 1 is 1.16 bits per heavy atom. The average molecular weight is 414 g/mol. The fraction of sp³-hybridized carbons (Fsp3) is 0.208. The highest BCUT2D eigenvalue weighted by Gasteiger charge is 2.38. The summed E-state index contributed by atoms with van der Waals surface area (Å²) in [5.74, 6) is -0.0739. The van der Waals surface area contributed by atoms with E-state index in [-0.39, 0.29) is 11.3 Å². The van der Waals surface area contributed by atoms with Crippen LogP contribution in [-0.4, -0.2) is 16.2 Å². The fourth-order valence-electron chi connectivity index (χ4n) is 3.62. The van der Waals surface area contributed by atoms with E-state index in [0.717, 1.165) is 16.8 Å². The Bertz CT molecular complexity index is 1200. The number of nitrogens with two attached hydrogens (primary N) is 1. The summed E-state index contributed by atoms with van der Waals surface area (Å²) in [5, 5.41) is 17.1. The predicted octanol–water partition coefficient (Wildman–Crippen LogP) is 4.14. The minimum absolute atomic E-state index is 0.0338. The van der Waals surface area contributed by atoms with Crippen molar-refractivity contribution >= 4 is 5.97 Å². The first kappa shape index (κ1) is 20.2. The molecule has 7 heteroatoms. The number of ether oxygens (including phenoxy) is 2. The van der Waals surface area contributed by atoms with Crippen LogP contribution in [0, 0.1) is 11.3 Å². The SMILES string of the molecule is CC(C)(C)c1[nH]nc2c1C(c1ccc(OC(=O)c3ccccc3)cc1)C(C#N)=C(N)O2. The molecule has 1 unspecified atom stereocenters. The molecule has 0 bridgehead atoms. The van der Waals surface area contributed by atoms with Crippen LogP contribution in [0.1, 0.15) is 53.9 Å². The third kappa shape index (κ3) is 3.76. The van der Waals surface area contributed by atoms with Gasteiger partial charge >= 0.3 is 5.97 Å². The Hall–Kier alpha value is -4.05. The molecule has 3 N–H and O–H groups in total. The Morgan fingerprint density at radius 3 is 2.45 bits per heavy atom. The van der Waals surface area contributed by atoms with Gasteiger partial charge in [0.05, 0.1) is 17.0 Å². The lowest BCUT2D eigenvalue weighted by molar-refractivity contribution is 0.0734. The van der Waals surface area contributed by atoms with E-state index in [1.165, 1.54) is 0 Å². The average Bonchev–Trinajstić information content (AvgIpc) is 3.18. The normalized spacial score (nSPS) is 15.6. The number of esters is 1. The molecule has 0 saturated carbocycles. The van der Waals surface area contributed by atoms with Gasteiger partial charge in [-0.2, -0.15) is 5.26 Å². The number of allylic oxidation sites excluding steroid dienone is 1. The first-order valence-electron chi connectivity index (χ1n) is 9.83. The maximum atomic E-state index is 12.3. The van der Waals surface area contributed by atoms with Gasteiger partial charge in [0.2, 0.25) is 11.8 Å². The van der Waals surface area contributed by atoms with Gasteiger partial charge in [0, 0.05) is 11.1 Å². The van der Waals surface area contributed by atoms with E-state index in [0.29, 0.717) is 22.8 Å². The number of carbonyl (C=O) groups excluding carboxylic acids is 1. The van der Waals surface area contributed by atoms with E-state index in [2.05, 4.69) is 37.0 Å². The smallest absolute Gasteiger partial charge is 0.343 e. The van der Waals surface area contributed by atoms with Gasteiger partial charge < -0.3 is 15.2 Å². The van der Waals surface area contributed by atoms with Gasteiger partial charge in [0.15, 0.2) is 0 Å². The standard InChI is InChI=1S/C24H22N4O3/c1-24(2,3)20-19-18(17(13-25)21(26)31-22(19)28-27-20)14-9-11-16(12-10-14)30-23(29)15-7-5-4-6-8-15/h4-12,18H,26H2,1-3H3,(H,27,28). The molecule has 7 nitrogen and oxygen atoms in total. The second-order valence-corrected chi connectivity index (χ2v) is 8.32. The van der Waals surface area contributed by atoms with E-state index >= 15 is 0 Å². The number of nitrogens with one attached hydrogen (secondary N) is 1. The summed E-state index contributed by atoms with van der Waals surface area (Å²) in [5.41, 5.74) is 9.02. The lowest BCUT2D eigenvalue weighted by Crippen LogP contribution is -2.23. The quantitative estimate of drug-likeness (QED) is 0.492. The number of rotatable bonds is 3. The number of hydrogen-bond donors (Lipinski definition) is 2. The molecule has 0 spiro atoms. The second-order valence-electron chi connectivity index (χ2n) is 8.32. The van der Waals surface area contributed by atoms with Crippen LogP contribution in [0.5, 0.6) is 11.6 Å². The van der Waals surface area contributed by atoms with Gasteiger partial charge in [-0.25, -0.2) is 4.79 Å². The zero-order valence-corrected chi connectivity index (χ0v) is 17.5. The van der Waals surface area contributed by atoms with Crippen LogP contribution in [0.4, 0.5) is 0 Å². The molecule has 0 amide bonds. The van der Waals surface area contributed by atoms with Gasteiger partial charge in [-0.1, -0.05) is 51.1 Å². The summed E-state index contributed by atoms with van der Waals surface area (Å²) >= 11 is 0. The van der Waals surface area contributed by atoms with Crippen LogP contribution in [0.3, 0.4) is 0 Å². The van der Waals surface area contributed by atoms with Crippen LogP contribution in [0.25, 0.3) is 0 Å². The molecule has 3 aromatic rings. The van der Waals surface area contributed by atoms with Crippen LogP contribution in [-0.2, 0) is 5.41 Å². The number of hydrogen-bond acceptors (Lipinski definition) is 6. The van der Waals surface area contributed by atoms with E-state index in [1.807, 2.05) is 18.2 Å². The molecule has 2 heterocycles. The number of carbonyl (C=O) groups is 1. The summed E-state index contributed by atoms with van der Waals surface area (Å²) in [6.45, 7) is 6.16. The highest BCUT2D eigenvalue weighted by atomic mass is 16.5. The van der Waals surface area contributed by atoms with E-state index < -0.39 is 11.9 Å². The molecule has 0 aliphatic carbocycles. The topological polar surface area (TPSA) is 114 Å². The van der Waals surface area contributed by atoms with Crippen LogP contribution in [0.2, 0.25) is 0 Å². The van der Waals surface area contributed by atoms with Gasteiger partial charge in [-0.3, -0.25) is 5.10 Å². The monoisotopic (exact) mass is 414 g/mol. The molecular weight excluding hydrogens is 392 g/mol. The number of fused-ring (bicyclic) bond motifs is 1. The third-order valence-corrected chi connectivity index (χ3v) is 5.12. The Morgan fingerprint density at radius 2 is 1.84 bits per heavy atom. The minimum atomic E-state index is -0.444. The second kappa shape index (κ2) is 7.65. The van der Waals surface area contributed by atoms with Crippen LogP contribution >= 0.6 is 0 Å². The van der Waals surface area contributed by atoms with E-state index in [4.69, 9.17) is 15.2 Å². The lowest BCUT2D eigenvalue weighted by Gasteiger charge is -2.27. The van der Waals surface area contributed by atoms with Crippen molar-refractivity contribution in [3.8, 4) is 17.7 Å². The van der Waals surface area contributed by atoms with E-state index in [1.54, 1.807) is 36.4 Å². The number of nitriles is 1. The fourth-order valence-corrected chi connectivity index (χ4v) is 3.62. The summed E-state index contributed by atoms with van der Waals surface area (Å²) in [7, 11) is 0. The zero-order chi connectivity index (χ0) is 22.2. The zero-order valence-electron chi connectivity index (χ0n) is 17.5. The molecule has 156 valence electrons. The maximum absolute atomic E-state index is 12.3. The molecule has 0 saturated heterocycles. The Kier molecular flexibility index (Phi) is 4.99. The molecule has 1 atom stereocenters. The Labute approximate surface area is 180 Å². The van der Waals surface area contributed by atoms with Crippen molar-refractivity contribution < 1.29 is 14.3 Å². The molecule has 4 rings (SSSR count). The van der Waals surface area contributed by atoms with Gasteiger partial charge in [-0.15, -0.1) is 5.10 Å². The number of nitrogens with zero attached hydrogens (tertiary/aromatic N) is 2. The van der Waals surface area contributed by atoms with Crippen molar-refractivity contribution in [2.45, 2.75) is 32.1 Å². The summed E-state index contributed by atoms with van der Waals surface area (Å²) < 4.78 is 11.1. The summed E-state index contributed by atoms with van der Waals surface area (Å²) in [6, 6.07) is 18.0. The molecule has 1 aliphatic heterocycles. The number of aromatic nitrogens is 2. The number of aromatic amines is 1. The molecule has 0 fully saturated rings. The Balaban J connectivity index is 1.70. The number of benzene rings is 2. The lowest BCUT2D eigenvalue weighted by atomic mass is 9.79. The van der Waals surface area contributed by atoms with E-state index in [9.17, 15) is 10.1 Å². The van der Waals surface area contributed by atoms with Gasteiger partial charge in [0.1, 0.15) is 17.4 Å². The predicted molar refractivity (Wildman–Crippen MR) is 114 cm³/mol. The first-order chi connectivity index (χ1) is 14.8. The van der Waals surface area contributed by atoms with Crippen molar-refractivity contribution in [3.63, 3.8) is 0 Å². The van der Waals surface area contributed by atoms with Crippen molar-refractivity contribution in [1.82, 2.24) is 10.2 Å². The van der Waals surface area contributed by atoms with Crippen LogP contribution in [0.15, 0.2) is 66.1 Å². The van der Waals surface area contributed by atoms with Crippen molar-refractivity contribution in [2.75, 3.05) is 0 Å². The minimum Gasteiger partial charge on any atom is -0.423 e.